The molecule has 1 aromatic heterocycles. The van der Waals surface area contributed by atoms with E-state index in [0.29, 0.717) is 18.6 Å². The van der Waals surface area contributed by atoms with E-state index in [2.05, 4.69) is 5.32 Å². The summed E-state index contributed by atoms with van der Waals surface area (Å²) in [4.78, 5) is 30.6. The van der Waals surface area contributed by atoms with Crippen molar-refractivity contribution in [3.63, 3.8) is 0 Å². The fourth-order valence-corrected chi connectivity index (χ4v) is 5.01. The van der Waals surface area contributed by atoms with Crippen molar-refractivity contribution in [3.05, 3.63) is 22.4 Å². The van der Waals surface area contributed by atoms with Gasteiger partial charge in [0, 0.05) is 31.7 Å². The highest BCUT2D eigenvalue weighted by molar-refractivity contribution is 7.12. The Bertz CT molecular complexity index is 603. The van der Waals surface area contributed by atoms with Crippen molar-refractivity contribution in [2.75, 3.05) is 19.6 Å². The molecular formula is C18H25N3O2S. The predicted octanol–water partition coefficient (Wildman–Crippen LogP) is 2.10. The lowest BCUT2D eigenvalue weighted by molar-refractivity contribution is -0.137. The Labute approximate surface area is 147 Å². The average molecular weight is 347 g/mol. The van der Waals surface area contributed by atoms with Crippen LogP contribution in [0.4, 0.5) is 0 Å². The second kappa shape index (κ2) is 6.84. The SMILES string of the molecule is O=C(C1CCCCN1C(=O)c1cccs1)N1CCC2CCC(C1)N2. The number of hydrogen-bond acceptors (Lipinski definition) is 4. The summed E-state index contributed by atoms with van der Waals surface area (Å²) in [5, 5.41) is 5.55. The molecule has 0 saturated carbocycles. The third-order valence-electron chi connectivity index (χ3n) is 5.62. The Morgan fingerprint density at radius 2 is 1.96 bits per heavy atom. The molecule has 4 rings (SSSR count). The first-order valence-electron chi connectivity index (χ1n) is 9.11. The molecule has 5 nitrogen and oxygen atoms in total. The van der Waals surface area contributed by atoms with Crippen molar-refractivity contribution < 1.29 is 9.59 Å². The molecule has 4 heterocycles. The number of piperidine rings is 1. The second-order valence-corrected chi connectivity index (χ2v) is 8.15. The van der Waals surface area contributed by atoms with Crippen molar-refractivity contribution in [1.29, 1.82) is 0 Å². The lowest BCUT2D eigenvalue weighted by Crippen LogP contribution is -2.54. The van der Waals surface area contributed by atoms with E-state index in [1.165, 1.54) is 17.8 Å². The topological polar surface area (TPSA) is 52.7 Å². The smallest absolute Gasteiger partial charge is 0.264 e. The van der Waals surface area contributed by atoms with Crippen LogP contribution >= 0.6 is 11.3 Å². The molecule has 6 heteroatoms. The molecule has 3 atom stereocenters. The summed E-state index contributed by atoms with van der Waals surface area (Å²) in [6.45, 7) is 2.32. The minimum Gasteiger partial charge on any atom is -0.339 e. The molecule has 0 radical (unpaired) electrons. The second-order valence-electron chi connectivity index (χ2n) is 7.20. The maximum atomic E-state index is 13.2. The zero-order valence-electron chi connectivity index (χ0n) is 13.9. The molecule has 3 aliphatic heterocycles. The van der Waals surface area contributed by atoms with Gasteiger partial charge < -0.3 is 15.1 Å². The number of likely N-dealkylation sites (tertiary alicyclic amines) is 2. The summed E-state index contributed by atoms with van der Waals surface area (Å²) in [5.74, 6) is 0.187. The molecule has 130 valence electrons. The van der Waals surface area contributed by atoms with E-state index in [4.69, 9.17) is 0 Å². The lowest BCUT2D eigenvalue weighted by atomic mass is 9.99. The van der Waals surface area contributed by atoms with E-state index in [-0.39, 0.29) is 17.9 Å². The van der Waals surface area contributed by atoms with Gasteiger partial charge in [0.15, 0.2) is 0 Å². The first kappa shape index (κ1) is 16.1. The largest absolute Gasteiger partial charge is 0.339 e. The summed E-state index contributed by atoms with van der Waals surface area (Å²) < 4.78 is 0. The molecule has 0 spiro atoms. The third kappa shape index (κ3) is 3.09. The fourth-order valence-electron chi connectivity index (χ4n) is 4.33. The highest BCUT2D eigenvalue weighted by atomic mass is 32.1. The molecule has 3 fully saturated rings. The Morgan fingerprint density at radius 1 is 1.08 bits per heavy atom. The molecule has 3 aliphatic rings. The van der Waals surface area contributed by atoms with Crippen LogP contribution in [0.2, 0.25) is 0 Å². The molecule has 0 aromatic carbocycles. The van der Waals surface area contributed by atoms with E-state index >= 15 is 0 Å². The van der Waals surface area contributed by atoms with Crippen molar-refractivity contribution in [1.82, 2.24) is 15.1 Å². The Kier molecular flexibility index (Phi) is 4.59. The number of amides is 2. The van der Waals surface area contributed by atoms with Gasteiger partial charge in [-0.3, -0.25) is 9.59 Å². The molecule has 1 N–H and O–H groups in total. The van der Waals surface area contributed by atoms with Gasteiger partial charge in [0.2, 0.25) is 5.91 Å². The number of fused-ring (bicyclic) bond motifs is 2. The van der Waals surface area contributed by atoms with Gasteiger partial charge in [-0.1, -0.05) is 6.07 Å². The van der Waals surface area contributed by atoms with Crippen LogP contribution in [0.1, 0.15) is 48.2 Å². The van der Waals surface area contributed by atoms with Gasteiger partial charge in [0.1, 0.15) is 6.04 Å². The summed E-state index contributed by atoms with van der Waals surface area (Å²) in [5.41, 5.74) is 0. The quantitative estimate of drug-likeness (QED) is 0.891. The Hall–Kier alpha value is -1.40. The minimum absolute atomic E-state index is 0.0255. The highest BCUT2D eigenvalue weighted by Crippen LogP contribution is 2.26. The number of hydrogen-bond donors (Lipinski definition) is 1. The van der Waals surface area contributed by atoms with E-state index in [9.17, 15) is 9.59 Å². The van der Waals surface area contributed by atoms with Crippen LogP contribution in [0.5, 0.6) is 0 Å². The Balaban J connectivity index is 1.49. The van der Waals surface area contributed by atoms with Gasteiger partial charge >= 0.3 is 0 Å². The molecule has 1 aromatic rings. The summed E-state index contributed by atoms with van der Waals surface area (Å²) in [7, 11) is 0. The molecule has 3 saturated heterocycles. The van der Waals surface area contributed by atoms with Crippen LogP contribution in [-0.2, 0) is 4.79 Å². The zero-order chi connectivity index (χ0) is 16.5. The number of thiophene rings is 1. The zero-order valence-corrected chi connectivity index (χ0v) is 14.8. The number of rotatable bonds is 2. The van der Waals surface area contributed by atoms with Gasteiger partial charge in [-0.15, -0.1) is 11.3 Å². The van der Waals surface area contributed by atoms with Crippen LogP contribution in [-0.4, -0.2) is 59.4 Å². The van der Waals surface area contributed by atoms with Crippen LogP contribution in [0.25, 0.3) is 0 Å². The molecule has 3 unspecified atom stereocenters. The van der Waals surface area contributed by atoms with Gasteiger partial charge in [0.05, 0.1) is 4.88 Å². The van der Waals surface area contributed by atoms with Gasteiger partial charge in [-0.2, -0.15) is 0 Å². The molecule has 2 bridgehead atoms. The predicted molar refractivity (Wildman–Crippen MR) is 94.1 cm³/mol. The van der Waals surface area contributed by atoms with Gasteiger partial charge in [-0.25, -0.2) is 0 Å². The molecule has 24 heavy (non-hydrogen) atoms. The van der Waals surface area contributed by atoms with E-state index in [1.54, 1.807) is 0 Å². The van der Waals surface area contributed by atoms with Crippen molar-refractivity contribution in [2.24, 2.45) is 0 Å². The molecular weight excluding hydrogens is 322 g/mol. The van der Waals surface area contributed by atoms with E-state index in [0.717, 1.165) is 50.1 Å². The average Bonchev–Trinajstić information content (AvgIpc) is 3.23. The maximum absolute atomic E-state index is 13.2. The first-order chi connectivity index (χ1) is 11.7. The van der Waals surface area contributed by atoms with E-state index < -0.39 is 0 Å². The van der Waals surface area contributed by atoms with Crippen LogP contribution in [0.3, 0.4) is 0 Å². The number of nitrogens with zero attached hydrogens (tertiary/aromatic N) is 2. The minimum atomic E-state index is -0.273. The number of nitrogens with one attached hydrogen (secondary N) is 1. The monoisotopic (exact) mass is 347 g/mol. The summed E-state index contributed by atoms with van der Waals surface area (Å²) >= 11 is 1.46. The maximum Gasteiger partial charge on any atom is 0.264 e. The first-order valence-corrected chi connectivity index (χ1v) is 9.99. The standard InChI is InChI=1S/C18H25N3O2S/c22-17(20-10-8-13-6-7-14(12-20)19-13)15-4-1-2-9-21(15)18(23)16-5-3-11-24-16/h3,5,11,13-15,19H,1-2,4,6-10,12H2. The number of carbonyl (C=O) groups is 2. The van der Waals surface area contributed by atoms with Crippen LogP contribution in [0.15, 0.2) is 17.5 Å². The summed E-state index contributed by atoms with van der Waals surface area (Å²) in [6, 6.07) is 4.49. The van der Waals surface area contributed by atoms with Crippen molar-refractivity contribution in [3.8, 4) is 0 Å². The highest BCUT2D eigenvalue weighted by Gasteiger charge is 2.38. The molecule has 0 aliphatic carbocycles. The molecule has 2 amide bonds. The summed E-state index contributed by atoms with van der Waals surface area (Å²) in [6.07, 6.45) is 6.26. The Morgan fingerprint density at radius 3 is 2.79 bits per heavy atom. The van der Waals surface area contributed by atoms with Crippen LogP contribution in [0, 0.1) is 0 Å². The van der Waals surface area contributed by atoms with Gasteiger partial charge in [-0.05, 0) is 50.0 Å². The normalized spacial score (nSPS) is 30.2. The van der Waals surface area contributed by atoms with Crippen molar-refractivity contribution in [2.45, 2.75) is 56.7 Å². The number of carbonyl (C=O) groups excluding carboxylic acids is 2. The lowest BCUT2D eigenvalue weighted by Gasteiger charge is -2.38. The van der Waals surface area contributed by atoms with E-state index in [1.807, 2.05) is 27.3 Å². The third-order valence-corrected chi connectivity index (χ3v) is 6.47. The van der Waals surface area contributed by atoms with Crippen molar-refractivity contribution >= 4 is 23.2 Å². The van der Waals surface area contributed by atoms with Crippen LogP contribution < -0.4 is 5.32 Å². The fraction of sp³-hybridized carbons (Fsp3) is 0.667. The van der Waals surface area contributed by atoms with Gasteiger partial charge in [0.25, 0.3) is 5.91 Å².